The fourth-order valence-electron chi connectivity index (χ4n) is 0.878. The Morgan fingerprint density at radius 1 is 1.67 bits per heavy atom. The Morgan fingerprint density at radius 2 is 2.33 bits per heavy atom. The second kappa shape index (κ2) is 3.58. The molecule has 0 unspecified atom stereocenters. The summed E-state index contributed by atoms with van der Waals surface area (Å²) in [7, 11) is 0. The molecule has 1 rings (SSSR count). The van der Waals surface area contributed by atoms with Gasteiger partial charge in [0, 0.05) is 6.20 Å². The van der Waals surface area contributed by atoms with Crippen molar-refractivity contribution in [2.24, 2.45) is 0 Å². The standard InChI is InChI=1S/C7H8ClFN2O/c8-5-3-6(10)7(12)11(4-5)2-1-9/h3-4H,1-2,10H2. The van der Waals surface area contributed by atoms with Crippen LogP contribution in [-0.4, -0.2) is 11.2 Å². The summed E-state index contributed by atoms with van der Waals surface area (Å²) in [6.07, 6.45) is 1.36. The van der Waals surface area contributed by atoms with Crippen molar-refractivity contribution in [1.29, 1.82) is 0 Å². The molecule has 3 nitrogen and oxygen atoms in total. The van der Waals surface area contributed by atoms with Gasteiger partial charge in [0.05, 0.1) is 17.3 Å². The molecule has 0 fully saturated rings. The van der Waals surface area contributed by atoms with Crippen molar-refractivity contribution in [1.82, 2.24) is 4.57 Å². The van der Waals surface area contributed by atoms with Crippen LogP contribution < -0.4 is 11.3 Å². The van der Waals surface area contributed by atoms with E-state index in [1.807, 2.05) is 0 Å². The molecule has 1 heterocycles. The molecule has 0 saturated carbocycles. The van der Waals surface area contributed by atoms with Crippen molar-refractivity contribution in [3.63, 3.8) is 0 Å². The first kappa shape index (κ1) is 9.06. The normalized spacial score (nSPS) is 10.2. The predicted octanol–water partition coefficient (Wildman–Crippen LogP) is 1.05. The molecule has 5 heteroatoms. The van der Waals surface area contributed by atoms with Crippen LogP contribution in [0.5, 0.6) is 0 Å². The molecule has 0 aliphatic rings. The number of hydrogen-bond acceptors (Lipinski definition) is 2. The fraction of sp³-hybridized carbons (Fsp3) is 0.286. The summed E-state index contributed by atoms with van der Waals surface area (Å²) in [6, 6.07) is 1.35. The number of nitrogen functional groups attached to an aromatic ring is 1. The summed E-state index contributed by atoms with van der Waals surface area (Å²) in [4.78, 5) is 11.1. The van der Waals surface area contributed by atoms with E-state index in [1.54, 1.807) is 0 Å². The molecule has 2 N–H and O–H groups in total. The van der Waals surface area contributed by atoms with Crippen molar-refractivity contribution < 1.29 is 4.39 Å². The first-order valence-corrected chi connectivity index (χ1v) is 3.74. The summed E-state index contributed by atoms with van der Waals surface area (Å²) < 4.78 is 13.0. The zero-order valence-corrected chi connectivity index (χ0v) is 7.01. The van der Waals surface area contributed by atoms with E-state index in [4.69, 9.17) is 17.3 Å². The average molecular weight is 191 g/mol. The molecule has 0 saturated heterocycles. The Morgan fingerprint density at radius 3 is 2.92 bits per heavy atom. The van der Waals surface area contributed by atoms with Crippen molar-refractivity contribution >= 4 is 17.3 Å². The van der Waals surface area contributed by atoms with Gasteiger partial charge in [0.1, 0.15) is 6.67 Å². The molecular formula is C7H8ClFN2O. The highest BCUT2D eigenvalue weighted by Gasteiger charge is 2.01. The molecular weight excluding hydrogens is 183 g/mol. The molecule has 0 amide bonds. The summed E-state index contributed by atoms with van der Waals surface area (Å²) in [5.74, 6) is 0. The minimum atomic E-state index is -0.611. The molecule has 0 radical (unpaired) electrons. The van der Waals surface area contributed by atoms with Crippen LogP contribution in [0.25, 0.3) is 0 Å². The first-order chi connectivity index (χ1) is 5.65. The largest absolute Gasteiger partial charge is 0.394 e. The number of hydrogen-bond donors (Lipinski definition) is 1. The number of rotatable bonds is 2. The molecule has 66 valence electrons. The Hall–Kier alpha value is -1.03. The maximum Gasteiger partial charge on any atom is 0.273 e. The fourth-order valence-corrected chi connectivity index (χ4v) is 1.11. The van der Waals surface area contributed by atoms with Gasteiger partial charge in [-0.3, -0.25) is 4.79 Å². The van der Waals surface area contributed by atoms with Crippen LogP contribution in [0.2, 0.25) is 5.02 Å². The third-order valence-corrected chi connectivity index (χ3v) is 1.61. The molecule has 1 aromatic heterocycles. The Bertz CT molecular complexity index is 337. The van der Waals surface area contributed by atoms with Crippen molar-refractivity contribution in [2.75, 3.05) is 12.4 Å². The highest BCUT2D eigenvalue weighted by Crippen LogP contribution is 2.07. The van der Waals surface area contributed by atoms with Crippen molar-refractivity contribution in [2.45, 2.75) is 6.54 Å². The van der Waals surface area contributed by atoms with Crippen LogP contribution in [0, 0.1) is 0 Å². The monoisotopic (exact) mass is 190 g/mol. The van der Waals surface area contributed by atoms with Crippen LogP contribution in [0.15, 0.2) is 17.1 Å². The van der Waals surface area contributed by atoms with Gasteiger partial charge in [-0.05, 0) is 6.07 Å². The second-order valence-corrected chi connectivity index (χ2v) is 2.74. The number of halogens is 2. The van der Waals surface area contributed by atoms with Crippen LogP contribution in [-0.2, 0) is 6.54 Å². The Labute approximate surface area is 73.6 Å². The van der Waals surface area contributed by atoms with E-state index in [0.717, 1.165) is 4.57 Å². The minimum Gasteiger partial charge on any atom is -0.394 e. The second-order valence-electron chi connectivity index (χ2n) is 2.30. The quantitative estimate of drug-likeness (QED) is 0.758. The van der Waals surface area contributed by atoms with Gasteiger partial charge < -0.3 is 10.3 Å². The van der Waals surface area contributed by atoms with E-state index in [-0.39, 0.29) is 12.2 Å². The zero-order chi connectivity index (χ0) is 9.14. The third kappa shape index (κ3) is 1.76. The third-order valence-electron chi connectivity index (χ3n) is 1.41. The topological polar surface area (TPSA) is 48.0 Å². The maximum absolute atomic E-state index is 11.9. The molecule has 12 heavy (non-hydrogen) atoms. The minimum absolute atomic E-state index is 0.0103. The average Bonchev–Trinajstić information content (AvgIpc) is 2.00. The zero-order valence-electron chi connectivity index (χ0n) is 6.26. The number of anilines is 1. The number of pyridine rings is 1. The summed E-state index contributed by atoms with van der Waals surface area (Å²) in [6.45, 7) is -0.622. The summed E-state index contributed by atoms with van der Waals surface area (Å²) in [5.41, 5.74) is 4.94. The molecule has 0 spiro atoms. The van der Waals surface area contributed by atoms with Gasteiger partial charge in [0.15, 0.2) is 0 Å². The summed E-state index contributed by atoms with van der Waals surface area (Å²) >= 11 is 5.60. The van der Waals surface area contributed by atoms with Crippen LogP contribution in [0.3, 0.4) is 0 Å². The highest BCUT2D eigenvalue weighted by molar-refractivity contribution is 6.30. The number of aromatic nitrogens is 1. The van der Waals surface area contributed by atoms with Crippen molar-refractivity contribution in [3.8, 4) is 0 Å². The van der Waals surface area contributed by atoms with E-state index in [2.05, 4.69) is 0 Å². The van der Waals surface area contributed by atoms with Gasteiger partial charge in [-0.15, -0.1) is 0 Å². The van der Waals surface area contributed by atoms with Gasteiger partial charge >= 0.3 is 0 Å². The SMILES string of the molecule is Nc1cc(Cl)cn(CCF)c1=O. The van der Waals surface area contributed by atoms with E-state index in [9.17, 15) is 9.18 Å². The van der Waals surface area contributed by atoms with E-state index in [1.165, 1.54) is 12.3 Å². The number of nitrogens with zero attached hydrogens (tertiary/aromatic N) is 1. The Kier molecular flexibility index (Phi) is 2.70. The number of aryl methyl sites for hydroxylation is 1. The highest BCUT2D eigenvalue weighted by atomic mass is 35.5. The van der Waals surface area contributed by atoms with Gasteiger partial charge in [-0.1, -0.05) is 11.6 Å². The lowest BCUT2D eigenvalue weighted by atomic mass is 10.4. The first-order valence-electron chi connectivity index (χ1n) is 3.36. The molecule has 1 aromatic rings. The molecule has 0 aromatic carbocycles. The molecule has 0 bridgehead atoms. The van der Waals surface area contributed by atoms with E-state index < -0.39 is 12.2 Å². The smallest absolute Gasteiger partial charge is 0.273 e. The van der Waals surface area contributed by atoms with Gasteiger partial charge in [0.2, 0.25) is 0 Å². The van der Waals surface area contributed by atoms with Crippen LogP contribution in [0.1, 0.15) is 0 Å². The number of alkyl halides is 1. The van der Waals surface area contributed by atoms with Crippen LogP contribution >= 0.6 is 11.6 Å². The van der Waals surface area contributed by atoms with Crippen LogP contribution in [0.4, 0.5) is 10.1 Å². The van der Waals surface area contributed by atoms with E-state index in [0.29, 0.717) is 5.02 Å². The van der Waals surface area contributed by atoms with Crippen molar-refractivity contribution in [3.05, 3.63) is 27.6 Å². The summed E-state index contributed by atoms with van der Waals surface area (Å²) in [5, 5.41) is 0.334. The Balaban J connectivity index is 3.19. The number of nitrogens with two attached hydrogens (primary N) is 1. The maximum atomic E-state index is 11.9. The predicted molar refractivity (Wildman–Crippen MR) is 46.1 cm³/mol. The molecule has 0 aliphatic carbocycles. The molecule has 0 aliphatic heterocycles. The van der Waals surface area contributed by atoms with Gasteiger partial charge in [0.25, 0.3) is 5.56 Å². The van der Waals surface area contributed by atoms with Gasteiger partial charge in [-0.25, -0.2) is 4.39 Å². The lowest BCUT2D eigenvalue weighted by Crippen LogP contribution is -2.22. The van der Waals surface area contributed by atoms with Gasteiger partial charge in [-0.2, -0.15) is 0 Å². The lowest BCUT2D eigenvalue weighted by molar-refractivity contribution is 0.441. The lowest BCUT2D eigenvalue weighted by Gasteiger charge is -2.03. The molecule has 0 atom stereocenters. The van der Waals surface area contributed by atoms with E-state index >= 15 is 0 Å².